The number of halogens is 1. The SMILES string of the molecule is CC(C)(C)OC(=O)Nc1cccc(OCCNCc2ccc(Br)s2)c1. The maximum atomic E-state index is 11.8. The normalized spacial score (nSPS) is 11.2. The van der Waals surface area contributed by atoms with Crippen LogP contribution in [0, 0.1) is 0 Å². The van der Waals surface area contributed by atoms with Gasteiger partial charge in [0.05, 0.1) is 3.79 Å². The van der Waals surface area contributed by atoms with Crippen LogP contribution in [-0.2, 0) is 11.3 Å². The lowest BCUT2D eigenvalue weighted by Crippen LogP contribution is -2.27. The molecule has 2 rings (SSSR count). The van der Waals surface area contributed by atoms with Gasteiger partial charge in [0.25, 0.3) is 0 Å². The molecule has 0 fully saturated rings. The van der Waals surface area contributed by atoms with E-state index in [0.29, 0.717) is 18.0 Å². The molecule has 2 aromatic rings. The molecule has 1 heterocycles. The Bertz CT molecular complexity index is 698. The van der Waals surface area contributed by atoms with E-state index in [9.17, 15) is 4.79 Å². The first-order valence-corrected chi connectivity index (χ1v) is 9.60. The molecule has 1 amide bonds. The highest BCUT2D eigenvalue weighted by Gasteiger charge is 2.16. The summed E-state index contributed by atoms with van der Waals surface area (Å²) >= 11 is 5.17. The van der Waals surface area contributed by atoms with Gasteiger partial charge >= 0.3 is 6.09 Å². The van der Waals surface area contributed by atoms with Gasteiger partial charge in [-0.2, -0.15) is 0 Å². The first-order chi connectivity index (χ1) is 11.8. The van der Waals surface area contributed by atoms with Crippen molar-refractivity contribution in [3.05, 3.63) is 45.1 Å². The second-order valence-corrected chi connectivity index (χ2v) is 8.93. The van der Waals surface area contributed by atoms with Gasteiger partial charge in [-0.15, -0.1) is 11.3 Å². The Morgan fingerprint density at radius 2 is 2.04 bits per heavy atom. The van der Waals surface area contributed by atoms with Crippen LogP contribution in [0.15, 0.2) is 40.2 Å². The maximum absolute atomic E-state index is 11.8. The number of amides is 1. The number of thiophene rings is 1. The largest absolute Gasteiger partial charge is 0.492 e. The molecule has 0 aliphatic heterocycles. The number of hydrogen-bond donors (Lipinski definition) is 2. The summed E-state index contributed by atoms with van der Waals surface area (Å²) in [4.78, 5) is 13.1. The van der Waals surface area contributed by atoms with Crippen LogP contribution in [0.3, 0.4) is 0 Å². The topological polar surface area (TPSA) is 59.6 Å². The molecular weight excluding hydrogens is 404 g/mol. The number of benzene rings is 1. The molecule has 7 heteroatoms. The second kappa shape index (κ2) is 9.22. The van der Waals surface area contributed by atoms with E-state index in [-0.39, 0.29) is 0 Å². The molecule has 2 N–H and O–H groups in total. The fourth-order valence-corrected chi connectivity index (χ4v) is 3.44. The molecule has 136 valence electrons. The Kier molecular flexibility index (Phi) is 7.28. The smallest absolute Gasteiger partial charge is 0.412 e. The van der Waals surface area contributed by atoms with E-state index in [1.165, 1.54) is 4.88 Å². The number of hydrogen-bond acceptors (Lipinski definition) is 5. The molecule has 0 atom stereocenters. The van der Waals surface area contributed by atoms with E-state index in [0.717, 1.165) is 16.9 Å². The lowest BCUT2D eigenvalue weighted by atomic mass is 10.2. The lowest BCUT2D eigenvalue weighted by Gasteiger charge is -2.19. The number of carbonyl (C=O) groups is 1. The van der Waals surface area contributed by atoms with Crippen molar-refractivity contribution in [3.8, 4) is 5.75 Å². The zero-order chi connectivity index (χ0) is 18.3. The minimum Gasteiger partial charge on any atom is -0.492 e. The minimum atomic E-state index is -0.526. The predicted octanol–water partition coefficient (Wildman–Crippen LogP) is 5.03. The van der Waals surface area contributed by atoms with Crippen molar-refractivity contribution in [3.63, 3.8) is 0 Å². The van der Waals surface area contributed by atoms with E-state index in [1.807, 2.05) is 39.0 Å². The van der Waals surface area contributed by atoms with Crippen LogP contribution in [0.1, 0.15) is 25.6 Å². The molecule has 5 nitrogen and oxygen atoms in total. The molecule has 0 unspecified atom stereocenters. The highest BCUT2D eigenvalue weighted by atomic mass is 79.9. The van der Waals surface area contributed by atoms with Gasteiger partial charge in [0.15, 0.2) is 0 Å². The molecule has 1 aromatic carbocycles. The van der Waals surface area contributed by atoms with Gasteiger partial charge in [0.1, 0.15) is 18.0 Å². The zero-order valence-electron chi connectivity index (χ0n) is 14.6. The van der Waals surface area contributed by atoms with Crippen molar-refractivity contribution >= 4 is 39.0 Å². The number of anilines is 1. The molecule has 0 radical (unpaired) electrons. The van der Waals surface area contributed by atoms with Crippen molar-refractivity contribution in [2.75, 3.05) is 18.5 Å². The Morgan fingerprint density at radius 1 is 1.24 bits per heavy atom. The second-order valence-electron chi connectivity index (χ2n) is 6.39. The molecule has 0 aliphatic rings. The van der Waals surface area contributed by atoms with Gasteiger partial charge in [-0.3, -0.25) is 5.32 Å². The predicted molar refractivity (Wildman–Crippen MR) is 106 cm³/mol. The van der Waals surface area contributed by atoms with Crippen LogP contribution in [0.4, 0.5) is 10.5 Å². The summed E-state index contributed by atoms with van der Waals surface area (Å²) in [5.41, 5.74) is 0.116. The third-order valence-electron chi connectivity index (χ3n) is 2.95. The summed E-state index contributed by atoms with van der Waals surface area (Å²) in [5.74, 6) is 0.703. The Hall–Kier alpha value is -1.57. The van der Waals surface area contributed by atoms with Gasteiger partial charge in [-0.1, -0.05) is 6.07 Å². The number of rotatable bonds is 7. The molecule has 25 heavy (non-hydrogen) atoms. The van der Waals surface area contributed by atoms with Gasteiger partial charge < -0.3 is 14.8 Å². The van der Waals surface area contributed by atoms with Crippen molar-refractivity contribution < 1.29 is 14.3 Å². The molecule has 0 saturated carbocycles. The summed E-state index contributed by atoms with van der Waals surface area (Å²) in [7, 11) is 0. The average molecular weight is 427 g/mol. The number of ether oxygens (including phenoxy) is 2. The van der Waals surface area contributed by atoms with E-state index < -0.39 is 11.7 Å². The standard InChI is InChI=1S/C18H23BrN2O3S/c1-18(2,3)24-17(22)21-13-5-4-6-14(11-13)23-10-9-20-12-15-7-8-16(19)25-15/h4-8,11,20H,9-10,12H2,1-3H3,(H,21,22). The minimum absolute atomic E-state index is 0.478. The van der Waals surface area contributed by atoms with Gasteiger partial charge in [-0.05, 0) is 61.0 Å². The molecule has 0 bridgehead atoms. The van der Waals surface area contributed by atoms with Crippen LogP contribution < -0.4 is 15.4 Å². The lowest BCUT2D eigenvalue weighted by molar-refractivity contribution is 0.0636. The van der Waals surface area contributed by atoms with Crippen LogP contribution in [0.2, 0.25) is 0 Å². The van der Waals surface area contributed by atoms with Crippen LogP contribution in [0.5, 0.6) is 5.75 Å². The molecular formula is C18H23BrN2O3S. The maximum Gasteiger partial charge on any atom is 0.412 e. The van der Waals surface area contributed by atoms with Crippen molar-refractivity contribution in [1.82, 2.24) is 5.32 Å². The summed E-state index contributed by atoms with van der Waals surface area (Å²) in [6.45, 7) is 7.58. The van der Waals surface area contributed by atoms with Gasteiger partial charge in [0.2, 0.25) is 0 Å². The van der Waals surface area contributed by atoms with Crippen molar-refractivity contribution in [1.29, 1.82) is 0 Å². The Morgan fingerprint density at radius 3 is 2.72 bits per heavy atom. The van der Waals surface area contributed by atoms with Crippen LogP contribution >= 0.6 is 27.3 Å². The summed E-state index contributed by atoms with van der Waals surface area (Å²) in [5, 5.41) is 6.04. The molecule has 0 aliphatic carbocycles. The highest BCUT2D eigenvalue weighted by Crippen LogP contribution is 2.21. The summed E-state index contributed by atoms with van der Waals surface area (Å²) in [6, 6.07) is 11.4. The fourth-order valence-electron chi connectivity index (χ4n) is 1.98. The third-order valence-corrected chi connectivity index (χ3v) is 4.58. The van der Waals surface area contributed by atoms with E-state index in [1.54, 1.807) is 23.5 Å². The van der Waals surface area contributed by atoms with E-state index in [2.05, 4.69) is 32.6 Å². The fraction of sp³-hybridized carbons (Fsp3) is 0.389. The average Bonchev–Trinajstić information content (AvgIpc) is 2.91. The van der Waals surface area contributed by atoms with E-state index >= 15 is 0 Å². The quantitative estimate of drug-likeness (QED) is 0.609. The van der Waals surface area contributed by atoms with Gasteiger partial charge in [0, 0.05) is 29.7 Å². The molecule has 0 spiro atoms. The highest BCUT2D eigenvalue weighted by molar-refractivity contribution is 9.11. The van der Waals surface area contributed by atoms with E-state index in [4.69, 9.17) is 9.47 Å². The number of carbonyl (C=O) groups excluding carboxylic acids is 1. The first kappa shape index (κ1) is 19.8. The monoisotopic (exact) mass is 426 g/mol. The Balaban J connectivity index is 1.72. The van der Waals surface area contributed by atoms with Gasteiger partial charge in [-0.25, -0.2) is 4.79 Å². The van der Waals surface area contributed by atoms with Crippen molar-refractivity contribution in [2.45, 2.75) is 32.9 Å². The first-order valence-electron chi connectivity index (χ1n) is 8.00. The third kappa shape index (κ3) is 7.90. The van der Waals surface area contributed by atoms with Crippen LogP contribution in [-0.4, -0.2) is 24.8 Å². The summed E-state index contributed by atoms with van der Waals surface area (Å²) in [6.07, 6.45) is -0.478. The number of nitrogens with one attached hydrogen (secondary N) is 2. The summed E-state index contributed by atoms with van der Waals surface area (Å²) < 4.78 is 12.1. The Labute approximate surface area is 160 Å². The molecule has 0 saturated heterocycles. The van der Waals surface area contributed by atoms with Crippen molar-refractivity contribution in [2.24, 2.45) is 0 Å². The van der Waals surface area contributed by atoms with Crippen LogP contribution in [0.25, 0.3) is 0 Å². The zero-order valence-corrected chi connectivity index (χ0v) is 17.0. The molecule has 1 aromatic heterocycles.